The molecule has 0 saturated heterocycles. The van der Waals surface area contributed by atoms with Crippen molar-refractivity contribution in [3.05, 3.63) is 54.6 Å². The topological polar surface area (TPSA) is 19.9 Å². The Balaban J connectivity index is 2.26. The van der Waals surface area contributed by atoms with Crippen LogP contribution in [0.2, 0.25) is 0 Å². The second-order valence-electron chi connectivity index (χ2n) is 5.20. The molecule has 0 unspecified atom stereocenters. The molecule has 1 aliphatic rings. The summed E-state index contributed by atoms with van der Waals surface area (Å²) in [4.78, 5) is 0. The summed E-state index contributed by atoms with van der Waals surface area (Å²) in [6, 6.07) is 18.3. The summed E-state index contributed by atoms with van der Waals surface area (Å²) in [7, 11) is 0. The van der Waals surface area contributed by atoms with Crippen molar-refractivity contribution < 1.29 is 5.11 Å². The molecular weight excluding hydrogens is 232 g/mol. The molecule has 0 N–H and O–H groups in total. The predicted molar refractivity (Wildman–Crippen MR) is 78.1 cm³/mol. The smallest absolute Gasteiger partial charge is 0.179 e. The van der Waals surface area contributed by atoms with Crippen LogP contribution in [0.15, 0.2) is 54.6 Å². The minimum absolute atomic E-state index is 0.0895. The maximum absolute atomic E-state index is 11.9. The first-order valence-electron chi connectivity index (χ1n) is 6.42. The lowest BCUT2D eigenvalue weighted by Crippen LogP contribution is -1.76. The van der Waals surface area contributed by atoms with Crippen LogP contribution < -0.4 is 0 Å². The monoisotopic (exact) mass is 241 g/mol. The molecule has 1 heteroatoms. The molecule has 1 aliphatic carbocycles. The molecule has 0 fully saturated rings. The van der Waals surface area contributed by atoms with Gasteiger partial charge in [0.15, 0.2) is 5.75 Å². The van der Waals surface area contributed by atoms with Gasteiger partial charge in [-0.05, 0) is 55.6 Å². The molecule has 0 atom stereocenters. The van der Waals surface area contributed by atoms with Crippen molar-refractivity contribution in [3.63, 3.8) is 0 Å². The van der Waals surface area contributed by atoms with Gasteiger partial charge in [0, 0.05) is 0 Å². The Morgan fingerprint density at radius 3 is 2.11 bits per heavy atom. The summed E-state index contributed by atoms with van der Waals surface area (Å²) in [5.74, 6) is 0.0895. The first-order chi connectivity index (χ1) is 9.33. The zero-order valence-corrected chi connectivity index (χ0v) is 10.1. The molecule has 0 heterocycles. The lowest BCUT2D eigenvalue weighted by molar-refractivity contribution is 0.356. The first kappa shape index (κ1) is 9.40. The van der Waals surface area contributed by atoms with Crippen molar-refractivity contribution in [2.75, 3.05) is 0 Å². The van der Waals surface area contributed by atoms with E-state index < -0.39 is 0 Å². The lowest BCUT2D eigenvalue weighted by Gasteiger charge is -2.03. The van der Waals surface area contributed by atoms with Crippen LogP contribution >= 0.6 is 0 Å². The van der Waals surface area contributed by atoms with Gasteiger partial charge in [-0.3, -0.25) is 5.11 Å². The maximum atomic E-state index is 11.9. The van der Waals surface area contributed by atoms with Gasteiger partial charge in [-0.25, -0.2) is 0 Å². The SMILES string of the molecule is [O]c1cc2c3c(ccc4ccc5cccc-2c5c43)c1. The number of hydrogen-bond acceptors (Lipinski definition) is 0. The van der Waals surface area contributed by atoms with E-state index in [4.69, 9.17) is 0 Å². The summed E-state index contributed by atoms with van der Waals surface area (Å²) in [6.07, 6.45) is 0. The Bertz CT molecular complexity index is 1010. The molecular formula is C18H9O. The van der Waals surface area contributed by atoms with E-state index in [1.807, 2.05) is 0 Å². The van der Waals surface area contributed by atoms with Crippen LogP contribution in [0.5, 0.6) is 5.75 Å². The third-order valence-electron chi connectivity index (χ3n) is 4.20. The van der Waals surface area contributed by atoms with Gasteiger partial charge in [0.1, 0.15) is 0 Å². The lowest BCUT2D eigenvalue weighted by atomic mass is 10.0. The Morgan fingerprint density at radius 2 is 1.26 bits per heavy atom. The normalized spacial score (nSPS) is 12.4. The zero-order valence-electron chi connectivity index (χ0n) is 10.1. The molecule has 0 spiro atoms. The van der Waals surface area contributed by atoms with Gasteiger partial charge >= 0.3 is 0 Å². The molecule has 0 bridgehead atoms. The highest BCUT2D eigenvalue weighted by atomic mass is 16.3. The van der Waals surface area contributed by atoms with Crippen molar-refractivity contribution in [1.82, 2.24) is 0 Å². The fraction of sp³-hybridized carbons (Fsp3) is 0. The molecule has 0 aliphatic heterocycles. The number of hydrogen-bond donors (Lipinski definition) is 0. The first-order valence-corrected chi connectivity index (χ1v) is 6.42. The maximum Gasteiger partial charge on any atom is 0.179 e. The summed E-state index contributed by atoms with van der Waals surface area (Å²) in [5, 5.41) is 19.3. The van der Waals surface area contributed by atoms with E-state index in [0.29, 0.717) is 0 Å². The summed E-state index contributed by atoms with van der Waals surface area (Å²) in [6.45, 7) is 0. The van der Waals surface area contributed by atoms with E-state index in [2.05, 4.69) is 42.5 Å². The summed E-state index contributed by atoms with van der Waals surface area (Å²) >= 11 is 0. The van der Waals surface area contributed by atoms with E-state index >= 15 is 0 Å². The molecule has 19 heavy (non-hydrogen) atoms. The van der Waals surface area contributed by atoms with E-state index in [1.165, 1.54) is 32.5 Å². The molecule has 0 aromatic heterocycles. The Hall–Kier alpha value is -2.54. The van der Waals surface area contributed by atoms with E-state index in [9.17, 15) is 5.11 Å². The van der Waals surface area contributed by atoms with E-state index in [0.717, 1.165) is 10.9 Å². The predicted octanol–water partition coefficient (Wildman–Crippen LogP) is 5.27. The number of rotatable bonds is 0. The molecule has 4 aromatic carbocycles. The molecule has 0 amide bonds. The fourth-order valence-corrected chi connectivity index (χ4v) is 3.47. The number of benzene rings is 4. The van der Waals surface area contributed by atoms with Crippen LogP contribution in [-0.2, 0) is 5.11 Å². The van der Waals surface area contributed by atoms with Gasteiger partial charge in [0.2, 0.25) is 0 Å². The van der Waals surface area contributed by atoms with Gasteiger partial charge in [0.05, 0.1) is 0 Å². The van der Waals surface area contributed by atoms with Crippen molar-refractivity contribution in [2.45, 2.75) is 0 Å². The van der Waals surface area contributed by atoms with E-state index in [1.54, 1.807) is 12.1 Å². The van der Waals surface area contributed by atoms with Crippen molar-refractivity contribution in [1.29, 1.82) is 0 Å². The third-order valence-corrected chi connectivity index (χ3v) is 4.20. The largest absolute Gasteiger partial charge is 0.290 e. The van der Waals surface area contributed by atoms with Gasteiger partial charge in [-0.1, -0.05) is 42.5 Å². The van der Waals surface area contributed by atoms with Crippen LogP contribution in [0, 0.1) is 0 Å². The molecule has 87 valence electrons. The van der Waals surface area contributed by atoms with Gasteiger partial charge < -0.3 is 0 Å². The average molecular weight is 241 g/mol. The molecule has 4 aromatic rings. The standard InChI is InChI=1S/C18H9O/c19-13-8-12-7-6-11-5-4-10-2-1-3-14-15(9-13)17(12)18(11)16(10)14/h1-9H. The Morgan fingerprint density at radius 1 is 0.579 bits per heavy atom. The molecule has 1 radical (unpaired) electrons. The minimum Gasteiger partial charge on any atom is -0.290 e. The summed E-state index contributed by atoms with van der Waals surface area (Å²) < 4.78 is 0. The summed E-state index contributed by atoms with van der Waals surface area (Å²) in [5.41, 5.74) is 2.30. The average Bonchev–Trinajstić information content (AvgIpc) is 2.76. The zero-order chi connectivity index (χ0) is 12.6. The van der Waals surface area contributed by atoms with Crippen molar-refractivity contribution in [3.8, 4) is 16.9 Å². The fourth-order valence-electron chi connectivity index (χ4n) is 3.47. The number of fused-ring (bicyclic) bond motifs is 1. The van der Waals surface area contributed by atoms with Gasteiger partial charge in [-0.2, -0.15) is 0 Å². The van der Waals surface area contributed by atoms with Crippen LogP contribution in [0.4, 0.5) is 0 Å². The van der Waals surface area contributed by atoms with Crippen LogP contribution in [0.1, 0.15) is 0 Å². The van der Waals surface area contributed by atoms with Crippen LogP contribution in [-0.4, -0.2) is 0 Å². The molecule has 5 rings (SSSR count). The van der Waals surface area contributed by atoms with Gasteiger partial charge in [-0.15, -0.1) is 0 Å². The second-order valence-corrected chi connectivity index (χ2v) is 5.20. The Kier molecular flexibility index (Phi) is 1.43. The van der Waals surface area contributed by atoms with Crippen LogP contribution in [0.25, 0.3) is 43.4 Å². The van der Waals surface area contributed by atoms with Crippen LogP contribution in [0.3, 0.4) is 0 Å². The Labute approximate surface area is 109 Å². The highest BCUT2D eigenvalue weighted by molar-refractivity contribution is 6.32. The highest BCUT2D eigenvalue weighted by Crippen LogP contribution is 2.48. The highest BCUT2D eigenvalue weighted by Gasteiger charge is 2.20. The van der Waals surface area contributed by atoms with Crippen molar-refractivity contribution >= 4 is 32.3 Å². The third kappa shape index (κ3) is 0.980. The molecule has 1 nitrogen and oxygen atoms in total. The van der Waals surface area contributed by atoms with Crippen molar-refractivity contribution in [2.24, 2.45) is 0 Å². The minimum atomic E-state index is 0.0895. The van der Waals surface area contributed by atoms with E-state index in [-0.39, 0.29) is 5.75 Å². The quantitative estimate of drug-likeness (QED) is 0.329. The second kappa shape index (κ2) is 2.89. The molecule has 0 saturated carbocycles. The van der Waals surface area contributed by atoms with Gasteiger partial charge in [0.25, 0.3) is 0 Å².